The Bertz CT molecular complexity index is 2270. The molecule has 15 nitrogen and oxygen atoms in total. The van der Waals surface area contributed by atoms with Crippen LogP contribution in [-0.2, 0) is 48.0 Å². The van der Waals surface area contributed by atoms with E-state index in [2.05, 4.69) is 54.3 Å². The zero-order valence-corrected chi connectivity index (χ0v) is 36.4. The zero-order valence-electron chi connectivity index (χ0n) is 36.4. The van der Waals surface area contributed by atoms with Crippen molar-refractivity contribution in [2.45, 2.75) is 104 Å². The number of aromatic nitrogens is 2. The highest BCUT2D eigenvalue weighted by Gasteiger charge is 2.38. The van der Waals surface area contributed by atoms with Gasteiger partial charge in [-0.05, 0) is 97.7 Å². The number of fused-ring (bicyclic) bond motifs is 6. The summed E-state index contributed by atoms with van der Waals surface area (Å²) in [6, 6.07) is 12.1. The van der Waals surface area contributed by atoms with E-state index in [-0.39, 0.29) is 31.4 Å². The Morgan fingerprint density at radius 2 is 1.87 bits per heavy atom. The molecule has 2 aliphatic heterocycles. The molecule has 0 radical (unpaired) electrons. The lowest BCUT2D eigenvalue weighted by molar-refractivity contribution is -0.155. The number of cyclic esters (lactones) is 1. The second-order valence-electron chi connectivity index (χ2n) is 17.4. The molecule has 2 aromatic heterocycles. The minimum Gasteiger partial charge on any atom is -0.508 e. The fourth-order valence-electron chi connectivity index (χ4n) is 8.70. The Morgan fingerprint density at radius 1 is 1.11 bits per heavy atom. The van der Waals surface area contributed by atoms with Gasteiger partial charge in [-0.25, -0.2) is 5.43 Å². The average Bonchev–Trinajstić information content (AvgIpc) is 3.54. The van der Waals surface area contributed by atoms with E-state index in [4.69, 9.17) is 14.5 Å². The number of likely N-dealkylation sites (N-methyl/N-ethyl adjacent to an activating group) is 1. The van der Waals surface area contributed by atoms with Crippen LogP contribution in [-0.4, -0.2) is 117 Å². The number of rotatable bonds is 10. The number of hydrogen-bond acceptors (Lipinski definition) is 11. The van der Waals surface area contributed by atoms with E-state index in [0.717, 1.165) is 43.9 Å². The highest BCUT2D eigenvalue weighted by Crippen LogP contribution is 2.42. The van der Waals surface area contributed by atoms with E-state index in [1.54, 1.807) is 39.3 Å². The van der Waals surface area contributed by atoms with Crippen LogP contribution in [0.5, 0.6) is 5.75 Å². The van der Waals surface area contributed by atoms with Crippen molar-refractivity contribution < 1.29 is 44.0 Å². The van der Waals surface area contributed by atoms with Crippen molar-refractivity contribution in [3.05, 3.63) is 71.5 Å². The quantitative estimate of drug-likeness (QED) is 0.143. The molecule has 0 spiro atoms. The zero-order chi connectivity index (χ0) is 44.3. The van der Waals surface area contributed by atoms with Crippen molar-refractivity contribution in [1.82, 2.24) is 30.2 Å². The van der Waals surface area contributed by atoms with Crippen LogP contribution in [0.3, 0.4) is 0 Å². The van der Waals surface area contributed by atoms with Crippen molar-refractivity contribution in [2.75, 3.05) is 33.9 Å². The molecular formula is C46H60N6O9. The molecule has 0 saturated carbocycles. The summed E-state index contributed by atoms with van der Waals surface area (Å²) < 4.78 is 14.1. The number of amides is 3. The number of hydrazine groups is 1. The predicted molar refractivity (Wildman–Crippen MR) is 230 cm³/mol. The molecule has 1 saturated heterocycles. The van der Waals surface area contributed by atoms with E-state index in [9.17, 15) is 34.5 Å². The van der Waals surface area contributed by atoms with Crippen LogP contribution in [0.4, 0.5) is 0 Å². The van der Waals surface area contributed by atoms with Gasteiger partial charge in [-0.15, -0.1) is 0 Å². The summed E-state index contributed by atoms with van der Waals surface area (Å²) in [7, 11) is 3.02. The number of benzene rings is 2. The van der Waals surface area contributed by atoms with Crippen LogP contribution in [0, 0.1) is 11.3 Å². The number of nitrogens with one attached hydrogen (secondary N) is 2. The van der Waals surface area contributed by atoms with E-state index >= 15 is 0 Å². The van der Waals surface area contributed by atoms with Gasteiger partial charge >= 0.3 is 5.97 Å². The average molecular weight is 841 g/mol. The first-order valence-corrected chi connectivity index (χ1v) is 21.0. The summed E-state index contributed by atoms with van der Waals surface area (Å²) in [5.41, 5.74) is 9.32. The van der Waals surface area contributed by atoms with Crippen LogP contribution in [0.15, 0.2) is 54.7 Å². The van der Waals surface area contributed by atoms with Gasteiger partial charge < -0.3 is 39.6 Å². The number of hydrogen-bond donors (Lipinski definition) is 5. The Hall–Kier alpha value is -5.35. The number of aliphatic hydroxyl groups excluding tert-OH is 2. The largest absolute Gasteiger partial charge is 0.508 e. The molecule has 15 heteroatoms. The summed E-state index contributed by atoms with van der Waals surface area (Å²) in [4.78, 5) is 61.2. The standard InChI is InChI=1S/C46H60N6O9/c1-9-51-37-15-14-29-22-33(37)34(41(51)32-12-10-16-47-39(32)27(4)60-8)23-46(5,6)25-61-45(59)35-13-11-17-52(49-35)43(57)36(20-28-18-30(29)21-31(54)19-28)48-42(56)40(26(2)3)50(7)44(58)38(55)24-53/h10,12,14-16,18-19,21-22,26-27,35-36,38,40,49,53-55H,9,11,13,17,20,23-25H2,1-8H3,(H,48,56)/t27-,35-,36-,38?,40-/m0/s1. The third-order valence-corrected chi connectivity index (χ3v) is 11.8. The van der Waals surface area contributed by atoms with E-state index < -0.39 is 65.9 Å². The number of esters is 1. The summed E-state index contributed by atoms with van der Waals surface area (Å²) in [5, 5.41) is 35.9. The second kappa shape index (κ2) is 18.7. The van der Waals surface area contributed by atoms with Crippen molar-refractivity contribution in [1.29, 1.82) is 0 Å². The van der Waals surface area contributed by atoms with Crippen molar-refractivity contribution in [3.8, 4) is 28.1 Å². The van der Waals surface area contributed by atoms with Crippen LogP contribution in [0.2, 0.25) is 0 Å². The first kappa shape index (κ1) is 45.2. The Kier molecular flexibility index (Phi) is 13.9. The van der Waals surface area contributed by atoms with Gasteiger partial charge in [0.25, 0.3) is 11.8 Å². The van der Waals surface area contributed by atoms with Crippen LogP contribution < -0.4 is 10.7 Å². The lowest BCUT2D eigenvalue weighted by atomic mass is 9.84. The summed E-state index contributed by atoms with van der Waals surface area (Å²) in [6.45, 7) is 11.8. The molecule has 1 unspecified atom stereocenters. The minimum atomic E-state index is -1.73. The van der Waals surface area contributed by atoms with Crippen LogP contribution in [0.1, 0.15) is 77.3 Å². The van der Waals surface area contributed by atoms with Gasteiger partial charge in [0.2, 0.25) is 5.91 Å². The lowest BCUT2D eigenvalue weighted by Gasteiger charge is -2.37. The van der Waals surface area contributed by atoms with Crippen molar-refractivity contribution in [3.63, 3.8) is 0 Å². The molecule has 328 valence electrons. The number of carbonyl (C=O) groups is 4. The smallest absolute Gasteiger partial charge is 0.324 e. The molecule has 4 aromatic rings. The number of aryl methyl sites for hydroxylation is 1. The number of nitrogens with zero attached hydrogens (tertiary/aromatic N) is 4. The number of phenols is 1. The van der Waals surface area contributed by atoms with Gasteiger partial charge in [-0.1, -0.05) is 39.8 Å². The predicted octanol–water partition coefficient (Wildman–Crippen LogP) is 4.29. The molecule has 1 fully saturated rings. The fourth-order valence-corrected chi connectivity index (χ4v) is 8.70. The fraction of sp³-hybridized carbons (Fsp3) is 0.500. The second-order valence-corrected chi connectivity index (χ2v) is 17.4. The molecule has 2 aliphatic rings. The first-order valence-electron chi connectivity index (χ1n) is 21.0. The van der Waals surface area contributed by atoms with Gasteiger partial charge in [-0.3, -0.25) is 29.2 Å². The van der Waals surface area contributed by atoms with Gasteiger partial charge in [0.1, 0.15) is 23.9 Å². The highest BCUT2D eigenvalue weighted by molar-refractivity contribution is 5.96. The molecule has 5 atom stereocenters. The SMILES string of the molecule is CCn1c(-c2cccnc2[C@H](C)OC)c2c3cc(ccc31)-c1cc(O)cc(c1)C[C@H](NC(=O)[C@H](C(C)C)N(C)C(=O)C(O)CO)C(=O)N1CCC[C@H](N1)C(=O)OCC(C)(C)C2. The third-order valence-electron chi connectivity index (χ3n) is 11.8. The summed E-state index contributed by atoms with van der Waals surface area (Å²) >= 11 is 0. The normalized spacial score (nSPS) is 19.8. The summed E-state index contributed by atoms with van der Waals surface area (Å²) in [6.07, 6.45) is 1.13. The number of ether oxygens (including phenoxy) is 2. The molecule has 0 aliphatic carbocycles. The number of methoxy groups -OCH3 is 1. The molecule has 6 rings (SSSR count). The van der Waals surface area contributed by atoms with Crippen molar-refractivity contribution >= 4 is 34.6 Å². The third kappa shape index (κ3) is 9.60. The molecule has 6 bridgehead atoms. The number of pyridine rings is 1. The molecule has 2 aromatic carbocycles. The number of phenolic OH excluding ortho intramolecular Hbond substituents is 1. The maximum atomic E-state index is 14.5. The number of aromatic hydroxyl groups is 1. The Morgan fingerprint density at radius 3 is 2.56 bits per heavy atom. The highest BCUT2D eigenvalue weighted by atomic mass is 16.5. The Labute approximate surface area is 357 Å². The van der Waals surface area contributed by atoms with Crippen LogP contribution >= 0.6 is 0 Å². The molecule has 61 heavy (non-hydrogen) atoms. The molecular weight excluding hydrogens is 781 g/mol. The van der Waals surface area contributed by atoms with Gasteiger partial charge in [0, 0.05) is 61.7 Å². The lowest BCUT2D eigenvalue weighted by Crippen LogP contribution is -2.62. The number of aliphatic hydroxyl groups is 2. The van der Waals surface area contributed by atoms with Crippen molar-refractivity contribution in [2.24, 2.45) is 11.3 Å². The van der Waals surface area contributed by atoms with Crippen LogP contribution in [0.25, 0.3) is 33.3 Å². The van der Waals surface area contributed by atoms with Gasteiger partial charge in [0.05, 0.1) is 30.7 Å². The van der Waals surface area contributed by atoms with Gasteiger partial charge in [0.15, 0.2) is 6.10 Å². The molecule has 5 N–H and O–H groups in total. The topological polar surface area (TPSA) is 196 Å². The summed E-state index contributed by atoms with van der Waals surface area (Å²) in [5.74, 6) is -3.02. The van der Waals surface area contributed by atoms with E-state index in [1.807, 2.05) is 25.1 Å². The molecule has 3 amide bonds. The maximum absolute atomic E-state index is 14.5. The van der Waals surface area contributed by atoms with E-state index in [1.165, 1.54) is 12.1 Å². The first-order chi connectivity index (χ1) is 29.0. The minimum absolute atomic E-state index is 0.0384. The van der Waals surface area contributed by atoms with E-state index in [0.29, 0.717) is 36.9 Å². The maximum Gasteiger partial charge on any atom is 0.324 e. The monoisotopic (exact) mass is 840 g/mol. The molecule has 4 heterocycles. The van der Waals surface area contributed by atoms with Gasteiger partial charge in [-0.2, -0.15) is 0 Å². The number of carbonyl (C=O) groups excluding carboxylic acids is 4. The Balaban J connectivity index is 1.51.